The Morgan fingerprint density at radius 3 is 2.33 bits per heavy atom. The number of carbonyl (C=O) groups is 1. The summed E-state index contributed by atoms with van der Waals surface area (Å²) in [7, 11) is 4.54. The fourth-order valence-electron chi connectivity index (χ4n) is 2.17. The molecule has 0 spiro atoms. The van der Waals surface area contributed by atoms with Crippen LogP contribution in [0.1, 0.15) is 6.92 Å². The number of hydrogen-bond acceptors (Lipinski definition) is 6. The minimum Gasteiger partial charge on any atom is -0.382 e. The van der Waals surface area contributed by atoms with E-state index >= 15 is 0 Å². The molecular formula is C11H21NO6. The molecule has 0 aromatic rings. The van der Waals surface area contributed by atoms with E-state index in [1.807, 2.05) is 0 Å². The lowest BCUT2D eigenvalue weighted by Gasteiger charge is -2.43. The molecule has 5 atom stereocenters. The second kappa shape index (κ2) is 7.01. The lowest BCUT2D eigenvalue weighted by atomic mass is 9.96. The molecule has 7 nitrogen and oxygen atoms in total. The molecule has 0 radical (unpaired) electrons. The van der Waals surface area contributed by atoms with Gasteiger partial charge in [-0.3, -0.25) is 4.79 Å². The Hall–Kier alpha value is -0.730. The van der Waals surface area contributed by atoms with Gasteiger partial charge in [-0.1, -0.05) is 0 Å². The number of methoxy groups -OCH3 is 3. The summed E-state index contributed by atoms with van der Waals surface area (Å²) in [5.41, 5.74) is 0. The minimum atomic E-state index is -1.16. The van der Waals surface area contributed by atoms with Crippen LogP contribution < -0.4 is 5.32 Å². The number of rotatable bonds is 5. The molecule has 1 rings (SSSR count). The molecule has 106 valence electrons. The first kappa shape index (κ1) is 15.3. The Morgan fingerprint density at radius 1 is 1.28 bits per heavy atom. The molecule has 0 aromatic heterocycles. The number of amides is 1. The lowest BCUT2D eigenvalue weighted by molar-refractivity contribution is -0.264. The molecule has 1 saturated heterocycles. The van der Waals surface area contributed by atoms with Crippen molar-refractivity contribution in [2.24, 2.45) is 0 Å². The molecule has 0 bridgehead atoms. The van der Waals surface area contributed by atoms with Crippen molar-refractivity contribution >= 4 is 5.91 Å². The average molecular weight is 263 g/mol. The van der Waals surface area contributed by atoms with Gasteiger partial charge in [0.15, 0.2) is 6.29 Å². The smallest absolute Gasteiger partial charge is 0.217 e. The monoisotopic (exact) mass is 263 g/mol. The molecule has 2 N–H and O–H groups in total. The molecule has 0 aromatic carbocycles. The number of hydrogen-bond donors (Lipinski definition) is 2. The number of aliphatic hydroxyl groups excluding tert-OH is 1. The van der Waals surface area contributed by atoms with Crippen molar-refractivity contribution in [2.75, 3.05) is 27.9 Å². The highest BCUT2D eigenvalue weighted by Crippen LogP contribution is 2.24. The van der Waals surface area contributed by atoms with Gasteiger partial charge in [-0.05, 0) is 0 Å². The predicted molar refractivity (Wildman–Crippen MR) is 62.0 cm³/mol. The molecule has 0 unspecified atom stereocenters. The summed E-state index contributed by atoms with van der Waals surface area (Å²) in [4.78, 5) is 11.1. The highest BCUT2D eigenvalue weighted by atomic mass is 16.6. The second-order valence-electron chi connectivity index (χ2n) is 4.15. The number of ether oxygens (including phenoxy) is 4. The van der Waals surface area contributed by atoms with Crippen LogP contribution >= 0.6 is 0 Å². The first-order valence-corrected chi connectivity index (χ1v) is 5.70. The van der Waals surface area contributed by atoms with Gasteiger partial charge >= 0.3 is 0 Å². The third-order valence-electron chi connectivity index (χ3n) is 2.91. The highest BCUT2D eigenvalue weighted by molar-refractivity contribution is 5.73. The Balaban J connectivity index is 2.85. The van der Waals surface area contributed by atoms with Crippen LogP contribution in [0.3, 0.4) is 0 Å². The maximum Gasteiger partial charge on any atom is 0.217 e. The first-order chi connectivity index (χ1) is 8.54. The van der Waals surface area contributed by atoms with Crippen molar-refractivity contribution in [1.29, 1.82) is 0 Å². The lowest BCUT2D eigenvalue weighted by Crippen LogP contribution is -2.65. The van der Waals surface area contributed by atoms with E-state index in [1.54, 1.807) is 0 Å². The zero-order chi connectivity index (χ0) is 13.7. The Labute approximate surface area is 106 Å². The van der Waals surface area contributed by atoms with E-state index in [-0.39, 0.29) is 12.5 Å². The summed E-state index contributed by atoms with van der Waals surface area (Å²) in [5, 5.41) is 12.5. The van der Waals surface area contributed by atoms with E-state index in [9.17, 15) is 9.90 Å². The van der Waals surface area contributed by atoms with Gasteiger partial charge in [0.25, 0.3) is 0 Å². The van der Waals surface area contributed by atoms with Crippen molar-refractivity contribution < 1.29 is 28.8 Å². The largest absolute Gasteiger partial charge is 0.382 e. The van der Waals surface area contributed by atoms with Gasteiger partial charge in [-0.25, -0.2) is 0 Å². The minimum absolute atomic E-state index is 0.266. The van der Waals surface area contributed by atoms with E-state index < -0.39 is 30.6 Å². The third-order valence-corrected chi connectivity index (χ3v) is 2.91. The fourth-order valence-corrected chi connectivity index (χ4v) is 2.17. The molecule has 1 fully saturated rings. The van der Waals surface area contributed by atoms with Gasteiger partial charge in [0.2, 0.25) is 5.91 Å². The summed E-state index contributed by atoms with van der Waals surface area (Å²) in [5.74, 6) is -0.273. The van der Waals surface area contributed by atoms with Crippen molar-refractivity contribution in [1.82, 2.24) is 5.32 Å². The van der Waals surface area contributed by atoms with Crippen molar-refractivity contribution in [3.05, 3.63) is 0 Å². The molecule has 0 saturated carbocycles. The molecule has 0 aliphatic carbocycles. The highest BCUT2D eigenvalue weighted by Gasteiger charge is 2.46. The van der Waals surface area contributed by atoms with Gasteiger partial charge < -0.3 is 29.4 Å². The van der Waals surface area contributed by atoms with Gasteiger partial charge in [0, 0.05) is 28.3 Å². The zero-order valence-electron chi connectivity index (χ0n) is 11.1. The van der Waals surface area contributed by atoms with E-state index in [0.717, 1.165) is 0 Å². The van der Waals surface area contributed by atoms with Crippen molar-refractivity contribution in [3.63, 3.8) is 0 Å². The molecule has 1 amide bonds. The summed E-state index contributed by atoms with van der Waals surface area (Å²) in [6, 6.07) is -0.675. The van der Waals surface area contributed by atoms with Crippen LogP contribution in [-0.2, 0) is 23.7 Å². The number of carbonyl (C=O) groups excluding carboxylic acids is 1. The number of nitrogens with one attached hydrogen (secondary N) is 1. The maximum absolute atomic E-state index is 11.1. The van der Waals surface area contributed by atoms with Gasteiger partial charge in [-0.2, -0.15) is 0 Å². The first-order valence-electron chi connectivity index (χ1n) is 5.70. The molecule has 1 heterocycles. The van der Waals surface area contributed by atoms with Crippen molar-refractivity contribution in [2.45, 2.75) is 37.6 Å². The van der Waals surface area contributed by atoms with Crippen LogP contribution in [-0.4, -0.2) is 69.6 Å². The van der Waals surface area contributed by atoms with E-state index in [2.05, 4.69) is 5.32 Å². The van der Waals surface area contributed by atoms with E-state index in [0.29, 0.717) is 0 Å². The Morgan fingerprint density at radius 2 is 1.89 bits per heavy atom. The van der Waals surface area contributed by atoms with E-state index in [1.165, 1.54) is 28.3 Å². The average Bonchev–Trinajstić information content (AvgIpc) is 2.31. The van der Waals surface area contributed by atoms with Crippen LogP contribution in [0.4, 0.5) is 0 Å². The van der Waals surface area contributed by atoms with Crippen LogP contribution in [0.5, 0.6) is 0 Å². The topological polar surface area (TPSA) is 86.2 Å². The maximum atomic E-state index is 11.1. The molecule has 7 heteroatoms. The van der Waals surface area contributed by atoms with E-state index in [4.69, 9.17) is 18.9 Å². The van der Waals surface area contributed by atoms with Crippen molar-refractivity contribution in [3.8, 4) is 0 Å². The zero-order valence-corrected chi connectivity index (χ0v) is 11.1. The second-order valence-corrected chi connectivity index (χ2v) is 4.15. The Bertz CT molecular complexity index is 274. The van der Waals surface area contributed by atoms with Crippen LogP contribution in [0.15, 0.2) is 0 Å². The molecule has 1 aliphatic heterocycles. The standard InChI is InChI=1S/C11H21NO6/c1-6(13)12-8-10(17-4)9(16-3)7(5-15-2)18-11(8)14/h7-11,14H,5H2,1-4H3,(H,12,13)/t7-,8+,9-,10-,11+/m1/s1. The third kappa shape index (κ3) is 3.39. The Kier molecular flexibility index (Phi) is 5.97. The normalized spacial score (nSPS) is 36.4. The van der Waals surface area contributed by atoms with Crippen LogP contribution in [0.25, 0.3) is 0 Å². The van der Waals surface area contributed by atoms with Gasteiger partial charge in [0.05, 0.1) is 6.61 Å². The molecular weight excluding hydrogens is 242 g/mol. The molecule has 18 heavy (non-hydrogen) atoms. The van der Waals surface area contributed by atoms with Crippen LogP contribution in [0, 0.1) is 0 Å². The molecule has 1 aliphatic rings. The fraction of sp³-hybridized carbons (Fsp3) is 0.909. The van der Waals surface area contributed by atoms with Crippen LogP contribution in [0.2, 0.25) is 0 Å². The van der Waals surface area contributed by atoms with Gasteiger partial charge in [0.1, 0.15) is 24.4 Å². The predicted octanol–water partition coefficient (Wildman–Crippen LogP) is -1.12. The summed E-state index contributed by atoms with van der Waals surface area (Å²) in [6.07, 6.45) is -2.56. The SMILES string of the molecule is COC[C@H]1O[C@H](O)[C@@H](NC(C)=O)[C@@H](OC)[C@@H]1OC. The summed E-state index contributed by atoms with van der Waals surface area (Å²) < 4.78 is 21.0. The summed E-state index contributed by atoms with van der Waals surface area (Å²) in [6.45, 7) is 1.63. The summed E-state index contributed by atoms with van der Waals surface area (Å²) >= 11 is 0. The number of aliphatic hydroxyl groups is 1. The van der Waals surface area contributed by atoms with Gasteiger partial charge in [-0.15, -0.1) is 0 Å². The quantitative estimate of drug-likeness (QED) is 0.654.